The Kier molecular flexibility index (Phi) is 4.72. The first-order chi connectivity index (χ1) is 7.50. The molecule has 0 radical (unpaired) electrons. The van der Waals surface area contributed by atoms with Crippen molar-refractivity contribution in [2.45, 2.75) is 19.4 Å². The minimum atomic E-state index is -0.421. The minimum Gasteiger partial charge on any atom is -0.370 e. The summed E-state index contributed by atoms with van der Waals surface area (Å²) in [6.07, 6.45) is 0.148. The molecule has 3 N–H and O–H groups in total. The molecule has 0 saturated carbocycles. The van der Waals surface area contributed by atoms with Crippen LogP contribution >= 0.6 is 22.6 Å². The lowest BCUT2D eigenvalue weighted by atomic mass is 10.2. The Morgan fingerprint density at radius 1 is 1.44 bits per heavy atom. The van der Waals surface area contributed by atoms with Gasteiger partial charge in [0, 0.05) is 16.0 Å². The molecule has 0 heterocycles. The molecule has 1 atom stereocenters. The molecule has 0 aliphatic rings. The summed E-state index contributed by atoms with van der Waals surface area (Å²) in [6, 6.07) is 7.02. The Morgan fingerprint density at radius 2 is 2.06 bits per heavy atom. The molecule has 5 heteroatoms. The highest BCUT2D eigenvalue weighted by Crippen LogP contribution is 2.11. The number of nitrogens with one attached hydrogen (secondary N) is 1. The lowest BCUT2D eigenvalue weighted by Crippen LogP contribution is -2.36. The molecule has 1 rings (SSSR count). The van der Waals surface area contributed by atoms with Crippen LogP contribution in [0.15, 0.2) is 24.3 Å². The average Bonchev–Trinajstić information content (AvgIpc) is 2.16. The SMILES string of the molecule is CC(CC(N)=O)NC(=O)c1ccccc1I. The third-order valence-electron chi connectivity index (χ3n) is 2.00. The monoisotopic (exact) mass is 332 g/mol. The Labute approximate surface area is 108 Å². The molecule has 0 aromatic heterocycles. The third kappa shape index (κ3) is 3.80. The van der Waals surface area contributed by atoms with Crippen molar-refractivity contribution in [1.29, 1.82) is 0 Å². The maximum absolute atomic E-state index is 11.8. The van der Waals surface area contributed by atoms with E-state index < -0.39 is 5.91 Å². The van der Waals surface area contributed by atoms with Gasteiger partial charge in [-0.05, 0) is 41.6 Å². The molecule has 0 bridgehead atoms. The maximum atomic E-state index is 11.8. The van der Waals surface area contributed by atoms with Gasteiger partial charge in [-0.2, -0.15) is 0 Å². The number of hydrogen-bond acceptors (Lipinski definition) is 2. The van der Waals surface area contributed by atoms with Crippen molar-refractivity contribution in [3.05, 3.63) is 33.4 Å². The Morgan fingerprint density at radius 3 is 2.62 bits per heavy atom. The summed E-state index contributed by atoms with van der Waals surface area (Å²) in [5.41, 5.74) is 5.66. The topological polar surface area (TPSA) is 72.2 Å². The summed E-state index contributed by atoms with van der Waals surface area (Å²) in [6.45, 7) is 1.75. The second kappa shape index (κ2) is 5.83. The van der Waals surface area contributed by atoms with E-state index in [2.05, 4.69) is 27.9 Å². The molecule has 0 spiro atoms. The van der Waals surface area contributed by atoms with E-state index >= 15 is 0 Å². The summed E-state index contributed by atoms with van der Waals surface area (Å²) in [7, 11) is 0. The highest BCUT2D eigenvalue weighted by atomic mass is 127. The fourth-order valence-corrected chi connectivity index (χ4v) is 1.93. The average molecular weight is 332 g/mol. The molecular weight excluding hydrogens is 319 g/mol. The summed E-state index contributed by atoms with van der Waals surface area (Å²) < 4.78 is 0.879. The molecule has 4 nitrogen and oxygen atoms in total. The summed E-state index contributed by atoms with van der Waals surface area (Å²) in [5.74, 6) is -0.602. The van der Waals surface area contributed by atoms with Gasteiger partial charge < -0.3 is 11.1 Å². The maximum Gasteiger partial charge on any atom is 0.252 e. The van der Waals surface area contributed by atoms with E-state index in [1.807, 2.05) is 12.1 Å². The van der Waals surface area contributed by atoms with Crippen LogP contribution in [0.25, 0.3) is 0 Å². The van der Waals surface area contributed by atoms with E-state index in [1.165, 1.54) is 0 Å². The van der Waals surface area contributed by atoms with Gasteiger partial charge in [0.15, 0.2) is 0 Å². The summed E-state index contributed by atoms with van der Waals surface area (Å²) in [5, 5.41) is 2.72. The lowest BCUT2D eigenvalue weighted by Gasteiger charge is -2.12. The molecule has 0 saturated heterocycles. The van der Waals surface area contributed by atoms with E-state index in [-0.39, 0.29) is 18.4 Å². The van der Waals surface area contributed by atoms with Gasteiger partial charge in [0.1, 0.15) is 0 Å². The number of nitrogens with two attached hydrogens (primary N) is 1. The zero-order chi connectivity index (χ0) is 12.1. The van der Waals surface area contributed by atoms with Crippen LogP contribution in [-0.4, -0.2) is 17.9 Å². The third-order valence-corrected chi connectivity index (χ3v) is 2.94. The second-order valence-corrected chi connectivity index (χ2v) is 4.69. The number of hydrogen-bond donors (Lipinski definition) is 2. The van der Waals surface area contributed by atoms with Crippen LogP contribution in [0.1, 0.15) is 23.7 Å². The predicted molar refractivity (Wildman–Crippen MR) is 69.9 cm³/mol. The molecule has 0 aliphatic heterocycles. The lowest BCUT2D eigenvalue weighted by molar-refractivity contribution is -0.118. The number of primary amides is 1. The molecule has 86 valence electrons. The smallest absolute Gasteiger partial charge is 0.252 e. The van der Waals surface area contributed by atoms with Crippen LogP contribution in [0.3, 0.4) is 0 Å². The van der Waals surface area contributed by atoms with Crippen molar-refractivity contribution in [2.24, 2.45) is 5.73 Å². The van der Waals surface area contributed by atoms with Crippen LogP contribution in [0.4, 0.5) is 0 Å². The van der Waals surface area contributed by atoms with Crippen molar-refractivity contribution in [3.8, 4) is 0 Å². The number of halogens is 1. The van der Waals surface area contributed by atoms with Gasteiger partial charge in [-0.3, -0.25) is 9.59 Å². The van der Waals surface area contributed by atoms with E-state index in [0.717, 1.165) is 3.57 Å². The Balaban J connectivity index is 2.66. The standard InChI is InChI=1S/C11H13IN2O2/c1-7(6-10(13)15)14-11(16)8-4-2-3-5-9(8)12/h2-5,7H,6H2,1H3,(H2,13,15)(H,14,16). The van der Waals surface area contributed by atoms with Gasteiger partial charge in [0.2, 0.25) is 5.91 Å². The van der Waals surface area contributed by atoms with E-state index in [0.29, 0.717) is 5.56 Å². The van der Waals surface area contributed by atoms with Crippen LogP contribution in [0.2, 0.25) is 0 Å². The second-order valence-electron chi connectivity index (χ2n) is 3.52. The highest BCUT2D eigenvalue weighted by molar-refractivity contribution is 14.1. The molecule has 0 fully saturated rings. The van der Waals surface area contributed by atoms with Gasteiger partial charge in [0.25, 0.3) is 5.91 Å². The van der Waals surface area contributed by atoms with Crippen molar-refractivity contribution < 1.29 is 9.59 Å². The fraction of sp³-hybridized carbons (Fsp3) is 0.273. The molecule has 0 aliphatic carbocycles. The molecule has 2 amide bonds. The van der Waals surface area contributed by atoms with Gasteiger partial charge in [-0.1, -0.05) is 12.1 Å². The van der Waals surface area contributed by atoms with Crippen LogP contribution in [0.5, 0.6) is 0 Å². The van der Waals surface area contributed by atoms with Crippen molar-refractivity contribution >= 4 is 34.4 Å². The van der Waals surface area contributed by atoms with Crippen molar-refractivity contribution in [3.63, 3.8) is 0 Å². The predicted octanol–water partition coefficient (Wildman–Crippen LogP) is 1.28. The molecule has 1 unspecified atom stereocenters. The first-order valence-corrected chi connectivity index (χ1v) is 5.92. The van der Waals surface area contributed by atoms with Crippen LogP contribution in [0, 0.1) is 3.57 Å². The number of amides is 2. The van der Waals surface area contributed by atoms with Gasteiger partial charge in [0.05, 0.1) is 5.56 Å². The number of rotatable bonds is 4. The zero-order valence-electron chi connectivity index (χ0n) is 8.87. The zero-order valence-corrected chi connectivity index (χ0v) is 11.0. The number of benzene rings is 1. The van der Waals surface area contributed by atoms with Gasteiger partial charge in [-0.25, -0.2) is 0 Å². The Bertz CT molecular complexity index is 407. The quantitative estimate of drug-likeness (QED) is 0.816. The molecule has 16 heavy (non-hydrogen) atoms. The van der Waals surface area contributed by atoms with E-state index in [1.54, 1.807) is 19.1 Å². The van der Waals surface area contributed by atoms with Gasteiger partial charge in [-0.15, -0.1) is 0 Å². The first kappa shape index (κ1) is 13.0. The van der Waals surface area contributed by atoms with Gasteiger partial charge >= 0.3 is 0 Å². The fourth-order valence-electron chi connectivity index (χ4n) is 1.30. The van der Waals surface area contributed by atoms with E-state index in [4.69, 9.17) is 5.73 Å². The Hall–Kier alpha value is -1.11. The number of carbonyl (C=O) groups is 2. The summed E-state index contributed by atoms with van der Waals surface area (Å²) >= 11 is 2.10. The molecule has 1 aromatic carbocycles. The largest absolute Gasteiger partial charge is 0.370 e. The molecular formula is C11H13IN2O2. The number of carbonyl (C=O) groups excluding carboxylic acids is 2. The van der Waals surface area contributed by atoms with Crippen molar-refractivity contribution in [2.75, 3.05) is 0 Å². The van der Waals surface area contributed by atoms with E-state index in [9.17, 15) is 9.59 Å². The van der Waals surface area contributed by atoms with Crippen LogP contribution in [-0.2, 0) is 4.79 Å². The minimum absolute atomic E-state index is 0.148. The van der Waals surface area contributed by atoms with Crippen LogP contribution < -0.4 is 11.1 Å². The first-order valence-electron chi connectivity index (χ1n) is 4.84. The summed E-state index contributed by atoms with van der Waals surface area (Å²) in [4.78, 5) is 22.5. The highest BCUT2D eigenvalue weighted by Gasteiger charge is 2.13. The molecule has 1 aromatic rings. The van der Waals surface area contributed by atoms with Crippen molar-refractivity contribution in [1.82, 2.24) is 5.32 Å². The normalized spacial score (nSPS) is 11.9.